The minimum absolute atomic E-state index is 0.110. The molecule has 2 heterocycles. The molecule has 4 rings (SSSR count). The zero-order valence-corrected chi connectivity index (χ0v) is 18.1. The molecule has 3 aromatic rings. The van der Waals surface area contributed by atoms with Gasteiger partial charge in [-0.25, -0.2) is 14.2 Å². The number of halogens is 1. The lowest BCUT2D eigenvalue weighted by Gasteiger charge is -2.34. The smallest absolute Gasteiger partial charge is 0.323 e. The van der Waals surface area contributed by atoms with Crippen molar-refractivity contribution in [3.63, 3.8) is 0 Å². The van der Waals surface area contributed by atoms with Crippen molar-refractivity contribution in [3.05, 3.63) is 83.2 Å². The summed E-state index contributed by atoms with van der Waals surface area (Å²) in [6, 6.07) is 10.9. The van der Waals surface area contributed by atoms with E-state index in [1.165, 1.54) is 17.0 Å². The van der Waals surface area contributed by atoms with E-state index in [0.717, 1.165) is 22.5 Å². The molecule has 1 aliphatic rings. The minimum atomic E-state index is -0.423. The number of aryl methyl sites for hydroxylation is 1. The number of nitrogens with zero attached hydrogens (tertiary/aromatic N) is 3. The lowest BCUT2D eigenvalue weighted by molar-refractivity contribution is 0.208. The fourth-order valence-electron chi connectivity index (χ4n) is 3.73. The first-order valence-electron chi connectivity index (χ1n) is 10.2. The molecule has 1 unspecified atom stereocenters. The molecule has 2 aromatic carbocycles. The molecule has 7 nitrogen and oxygen atoms in total. The Hall–Kier alpha value is -3.94. The summed E-state index contributed by atoms with van der Waals surface area (Å²) in [5.41, 5.74) is 4.00. The van der Waals surface area contributed by atoms with Gasteiger partial charge in [0.15, 0.2) is 0 Å². The van der Waals surface area contributed by atoms with Gasteiger partial charge in [0, 0.05) is 18.3 Å². The molecule has 8 heteroatoms. The number of amides is 2. The Morgan fingerprint density at radius 1 is 1.25 bits per heavy atom. The number of urea groups is 1. The average molecular weight is 433 g/mol. The van der Waals surface area contributed by atoms with Crippen LogP contribution >= 0.6 is 0 Å². The number of methoxy groups -OCH3 is 1. The lowest BCUT2D eigenvalue weighted by Crippen LogP contribution is -2.51. The van der Waals surface area contributed by atoms with Crippen LogP contribution < -0.4 is 10.1 Å². The average Bonchev–Trinajstić information content (AvgIpc) is 3.22. The second kappa shape index (κ2) is 8.66. The molecule has 1 fully saturated rings. The fraction of sp³-hybridized carbons (Fsp3) is 0.208. The zero-order valence-electron chi connectivity index (χ0n) is 18.1. The predicted octanol–water partition coefficient (Wildman–Crippen LogP) is 4.48. The van der Waals surface area contributed by atoms with Crippen LogP contribution in [-0.2, 0) is 0 Å². The topological polar surface area (TPSA) is 83.2 Å². The number of benzene rings is 2. The van der Waals surface area contributed by atoms with E-state index >= 15 is 0 Å². The van der Waals surface area contributed by atoms with E-state index in [4.69, 9.17) is 10.1 Å². The molecule has 1 aromatic heterocycles. The Morgan fingerprint density at radius 2 is 2.00 bits per heavy atom. The summed E-state index contributed by atoms with van der Waals surface area (Å²) in [6.45, 7) is 3.98. The van der Waals surface area contributed by atoms with Crippen molar-refractivity contribution in [2.45, 2.75) is 19.9 Å². The summed E-state index contributed by atoms with van der Waals surface area (Å²) >= 11 is 0. The number of ether oxygens (including phenoxy) is 1. The van der Waals surface area contributed by atoms with Crippen molar-refractivity contribution in [1.82, 2.24) is 19.8 Å². The van der Waals surface area contributed by atoms with Crippen LogP contribution in [-0.4, -0.2) is 40.0 Å². The minimum Gasteiger partial charge on any atom is -0.495 e. The van der Waals surface area contributed by atoms with E-state index in [9.17, 15) is 9.18 Å². The Labute approximate surface area is 185 Å². The van der Waals surface area contributed by atoms with Crippen LogP contribution in [0, 0.1) is 18.2 Å². The van der Waals surface area contributed by atoms with Crippen molar-refractivity contribution < 1.29 is 13.9 Å². The molecule has 0 bridgehead atoms. The molecule has 164 valence electrons. The van der Waals surface area contributed by atoms with Gasteiger partial charge in [-0.05, 0) is 55.3 Å². The van der Waals surface area contributed by atoms with E-state index in [0.29, 0.717) is 11.3 Å². The third kappa shape index (κ3) is 4.12. The number of hydrogen-bond acceptors (Lipinski definition) is 4. The molecule has 1 aliphatic heterocycles. The first-order valence-corrected chi connectivity index (χ1v) is 10.2. The highest BCUT2D eigenvalue weighted by atomic mass is 19.1. The SMILES string of the molecule is COc1cc(/C=C2\CNC(=O)N(C(C)c3ccc(F)cc3)C2=N)ccc1-n1cnc(C)c1. The molecule has 1 atom stereocenters. The van der Waals surface area contributed by atoms with Gasteiger partial charge in [-0.2, -0.15) is 0 Å². The maximum Gasteiger partial charge on any atom is 0.323 e. The van der Waals surface area contributed by atoms with E-state index in [2.05, 4.69) is 10.3 Å². The predicted molar refractivity (Wildman–Crippen MR) is 121 cm³/mol. The summed E-state index contributed by atoms with van der Waals surface area (Å²) in [5, 5.41) is 11.5. The monoisotopic (exact) mass is 433 g/mol. The highest BCUT2D eigenvalue weighted by Crippen LogP contribution is 2.28. The Balaban J connectivity index is 1.63. The molecular weight excluding hydrogens is 409 g/mol. The Bertz CT molecular complexity index is 1200. The summed E-state index contributed by atoms with van der Waals surface area (Å²) in [4.78, 5) is 18.2. The van der Waals surface area contributed by atoms with Crippen molar-refractivity contribution in [2.24, 2.45) is 0 Å². The standard InChI is InChI=1S/C24H24FN5O2/c1-15-13-29(14-28-15)21-9-4-17(11-22(21)32-3)10-19-12-27-24(31)30(23(19)26)16(2)18-5-7-20(25)8-6-18/h4-11,13-14,16,26H,12H2,1-3H3,(H,27,31)/b19-10+,26-23?. The summed E-state index contributed by atoms with van der Waals surface area (Å²) in [7, 11) is 1.61. The first-order chi connectivity index (χ1) is 15.4. The van der Waals surface area contributed by atoms with E-state index < -0.39 is 6.04 Å². The molecule has 0 aliphatic carbocycles. The molecule has 0 spiro atoms. The van der Waals surface area contributed by atoms with Gasteiger partial charge < -0.3 is 14.6 Å². The van der Waals surface area contributed by atoms with Crippen molar-refractivity contribution in [3.8, 4) is 11.4 Å². The van der Waals surface area contributed by atoms with Crippen LogP contribution in [0.15, 0.2) is 60.6 Å². The number of rotatable bonds is 5. The number of carbonyl (C=O) groups excluding carboxylic acids is 1. The van der Waals surface area contributed by atoms with Gasteiger partial charge in [0.25, 0.3) is 0 Å². The molecule has 2 N–H and O–H groups in total. The van der Waals surface area contributed by atoms with Crippen LogP contribution in [0.3, 0.4) is 0 Å². The second-order valence-corrected chi connectivity index (χ2v) is 7.63. The third-order valence-corrected chi connectivity index (χ3v) is 5.47. The number of imidazole rings is 1. The maximum absolute atomic E-state index is 13.3. The zero-order chi connectivity index (χ0) is 22.8. The van der Waals surface area contributed by atoms with Crippen molar-refractivity contribution in [1.29, 1.82) is 5.41 Å². The summed E-state index contributed by atoms with van der Waals surface area (Å²) < 4.78 is 20.7. The maximum atomic E-state index is 13.3. The van der Waals surface area contributed by atoms with Gasteiger partial charge in [0.2, 0.25) is 0 Å². The second-order valence-electron chi connectivity index (χ2n) is 7.63. The molecule has 0 radical (unpaired) electrons. The third-order valence-electron chi connectivity index (χ3n) is 5.47. The summed E-state index contributed by atoms with van der Waals surface area (Å²) in [6.07, 6.45) is 5.50. The quantitative estimate of drug-likeness (QED) is 0.623. The molecule has 32 heavy (non-hydrogen) atoms. The van der Waals surface area contributed by atoms with Crippen LogP contribution in [0.25, 0.3) is 11.8 Å². The number of carbonyl (C=O) groups is 1. The van der Waals surface area contributed by atoms with Gasteiger partial charge in [-0.15, -0.1) is 0 Å². The molecule has 2 amide bonds. The molecular formula is C24H24FN5O2. The highest BCUT2D eigenvalue weighted by Gasteiger charge is 2.31. The Kier molecular flexibility index (Phi) is 5.77. The van der Waals surface area contributed by atoms with Crippen LogP contribution in [0.1, 0.15) is 29.8 Å². The first kappa shape index (κ1) is 21.3. The van der Waals surface area contributed by atoms with Crippen molar-refractivity contribution in [2.75, 3.05) is 13.7 Å². The van der Waals surface area contributed by atoms with Crippen LogP contribution in [0.2, 0.25) is 0 Å². The molecule has 0 saturated carbocycles. The number of amidine groups is 1. The Morgan fingerprint density at radius 3 is 2.66 bits per heavy atom. The van der Waals surface area contributed by atoms with Gasteiger partial charge >= 0.3 is 6.03 Å². The number of aromatic nitrogens is 2. The number of nitrogens with one attached hydrogen (secondary N) is 2. The lowest BCUT2D eigenvalue weighted by atomic mass is 10.0. The van der Waals surface area contributed by atoms with Gasteiger partial charge in [-0.1, -0.05) is 18.2 Å². The van der Waals surface area contributed by atoms with E-state index in [1.54, 1.807) is 25.6 Å². The number of hydrogen-bond donors (Lipinski definition) is 2. The van der Waals surface area contributed by atoms with Gasteiger partial charge in [0.05, 0.1) is 30.9 Å². The van der Waals surface area contributed by atoms with Gasteiger partial charge in [0.1, 0.15) is 17.4 Å². The molecule has 1 saturated heterocycles. The van der Waals surface area contributed by atoms with Crippen LogP contribution in [0.5, 0.6) is 5.75 Å². The highest BCUT2D eigenvalue weighted by molar-refractivity contribution is 6.11. The largest absolute Gasteiger partial charge is 0.495 e. The van der Waals surface area contributed by atoms with E-state index in [1.807, 2.05) is 48.9 Å². The normalized spacial score (nSPS) is 16.2. The van der Waals surface area contributed by atoms with E-state index in [-0.39, 0.29) is 24.2 Å². The van der Waals surface area contributed by atoms with Crippen molar-refractivity contribution >= 4 is 17.9 Å². The fourth-order valence-corrected chi connectivity index (χ4v) is 3.73. The van der Waals surface area contributed by atoms with Gasteiger partial charge in [-0.3, -0.25) is 10.3 Å². The van der Waals surface area contributed by atoms with Crippen LogP contribution in [0.4, 0.5) is 9.18 Å². The summed E-state index contributed by atoms with van der Waals surface area (Å²) in [5.74, 6) is 0.432.